The van der Waals surface area contributed by atoms with E-state index in [1.54, 1.807) is 32.2 Å². The molecule has 0 saturated carbocycles. The number of carbonyl (C=O) groups is 3. The minimum absolute atomic E-state index is 0.0404. The maximum atomic E-state index is 12.7. The Kier molecular flexibility index (Phi) is 10.5. The average Bonchev–Trinajstić information content (AvgIpc) is 3.27. The number of ether oxygens (including phenoxy) is 1. The van der Waals surface area contributed by atoms with Crippen LogP contribution >= 0.6 is 23.2 Å². The summed E-state index contributed by atoms with van der Waals surface area (Å²) in [5.74, 6) is -2.75. The van der Waals surface area contributed by atoms with Crippen molar-refractivity contribution < 1.29 is 33.0 Å². The van der Waals surface area contributed by atoms with Crippen LogP contribution in [0.2, 0.25) is 10.0 Å². The summed E-state index contributed by atoms with van der Waals surface area (Å²) in [6.45, 7) is 1.70. The number of carboxylic acids is 1. The van der Waals surface area contributed by atoms with Crippen LogP contribution in [-0.4, -0.2) is 45.8 Å². The van der Waals surface area contributed by atoms with Crippen molar-refractivity contribution in [2.45, 2.75) is 25.5 Å². The molecule has 2 amide bonds. The fraction of sp³-hybridized carbons (Fsp3) is 0.250. The van der Waals surface area contributed by atoms with Gasteiger partial charge in [0.15, 0.2) is 0 Å². The lowest BCUT2D eigenvalue weighted by molar-refractivity contribution is 0.0643. The van der Waals surface area contributed by atoms with Gasteiger partial charge >= 0.3 is 5.97 Å². The molecule has 4 N–H and O–H groups in total. The van der Waals surface area contributed by atoms with Gasteiger partial charge in [-0.25, -0.2) is 13.6 Å². The quantitative estimate of drug-likeness (QED) is 0.369. The number of carbonyl (C=O) groups excluding carboxylic acids is 2. The average molecular weight is 557 g/mol. The zero-order chi connectivity index (χ0) is 27.9. The number of rotatable bonds is 8. The summed E-state index contributed by atoms with van der Waals surface area (Å²) in [6, 6.07) is 9.18. The molecule has 3 aromatic rings. The van der Waals surface area contributed by atoms with Gasteiger partial charge in [-0.15, -0.1) is 0 Å². The number of hydrogen-bond donors (Lipinski definition) is 3. The second-order valence-corrected chi connectivity index (χ2v) is 8.57. The van der Waals surface area contributed by atoms with E-state index in [0.29, 0.717) is 15.6 Å². The molecule has 37 heavy (non-hydrogen) atoms. The zero-order valence-corrected chi connectivity index (χ0v) is 21.4. The van der Waals surface area contributed by atoms with Crippen LogP contribution in [-0.2, 0) is 11.8 Å². The third-order valence-corrected chi connectivity index (χ3v) is 5.63. The van der Waals surface area contributed by atoms with Crippen molar-refractivity contribution in [1.82, 2.24) is 15.1 Å². The maximum Gasteiger partial charge on any atom is 0.335 e. The highest BCUT2D eigenvalue weighted by atomic mass is 35.5. The molecule has 0 aliphatic rings. The van der Waals surface area contributed by atoms with Crippen molar-refractivity contribution in [2.24, 2.45) is 12.8 Å². The van der Waals surface area contributed by atoms with Crippen molar-refractivity contribution in [3.8, 4) is 0 Å². The van der Waals surface area contributed by atoms with Crippen LogP contribution in [0.5, 0.6) is 0 Å². The minimum atomic E-state index is -2.45. The lowest BCUT2D eigenvalue weighted by Crippen LogP contribution is -2.38. The van der Waals surface area contributed by atoms with Gasteiger partial charge in [-0.3, -0.25) is 14.3 Å². The predicted octanol–water partition coefficient (Wildman–Crippen LogP) is 4.65. The minimum Gasteiger partial charge on any atom is -0.478 e. The van der Waals surface area contributed by atoms with Gasteiger partial charge in [0.2, 0.25) is 5.91 Å². The van der Waals surface area contributed by atoms with Crippen molar-refractivity contribution in [1.29, 1.82) is 0 Å². The van der Waals surface area contributed by atoms with E-state index >= 15 is 0 Å². The fourth-order valence-corrected chi connectivity index (χ4v) is 3.84. The Labute approximate surface area is 221 Å². The molecule has 3 rings (SSSR count). The Morgan fingerprint density at radius 2 is 1.78 bits per heavy atom. The Bertz CT molecular complexity index is 1290. The third-order valence-electron chi connectivity index (χ3n) is 5.07. The number of primary amides is 1. The highest BCUT2D eigenvalue weighted by molar-refractivity contribution is 6.35. The number of nitrogens with two attached hydrogens (primary N) is 1. The van der Waals surface area contributed by atoms with Crippen molar-refractivity contribution >= 4 is 41.0 Å². The molecule has 0 spiro atoms. The Morgan fingerprint density at radius 3 is 2.24 bits per heavy atom. The monoisotopic (exact) mass is 556 g/mol. The van der Waals surface area contributed by atoms with Crippen molar-refractivity contribution in [3.63, 3.8) is 0 Å². The molecule has 198 valence electrons. The molecule has 13 heteroatoms. The van der Waals surface area contributed by atoms with E-state index in [1.807, 2.05) is 0 Å². The Hall–Kier alpha value is -3.54. The summed E-state index contributed by atoms with van der Waals surface area (Å²) < 4.78 is 30.2. The van der Waals surface area contributed by atoms with E-state index in [2.05, 4.69) is 10.4 Å². The standard InChI is InChI=1S/C19H18Cl2N2O5.C5H6F2N2/c1-9(16(28-2)13-6-4-11(20)8-15(13)21)23-18(25)12-5-3-10(19(26)27)7-14(12)17(22)24;1-9-3-2-4(8-9)5(6)7/h3-9,16H,1-2H3,(H2,22,24)(H,23,25)(H,26,27);2-3,5H,1H3. The lowest BCUT2D eigenvalue weighted by atomic mass is 10.00. The first-order valence-corrected chi connectivity index (χ1v) is 11.3. The molecule has 0 aliphatic heterocycles. The maximum absolute atomic E-state index is 12.7. The van der Waals surface area contributed by atoms with Gasteiger partial charge in [0.1, 0.15) is 11.8 Å². The van der Waals surface area contributed by atoms with Gasteiger partial charge in [-0.2, -0.15) is 5.10 Å². The van der Waals surface area contributed by atoms with E-state index in [9.17, 15) is 23.2 Å². The highest BCUT2D eigenvalue weighted by Crippen LogP contribution is 2.30. The molecule has 0 saturated heterocycles. The van der Waals surface area contributed by atoms with Crippen LogP contribution in [0.4, 0.5) is 8.78 Å². The first-order valence-electron chi connectivity index (χ1n) is 10.6. The molecule has 0 aliphatic carbocycles. The number of nitrogens with one attached hydrogen (secondary N) is 1. The van der Waals surface area contributed by atoms with Crippen LogP contribution in [0.3, 0.4) is 0 Å². The van der Waals surface area contributed by atoms with Crippen LogP contribution < -0.4 is 11.1 Å². The van der Waals surface area contributed by atoms with E-state index in [-0.39, 0.29) is 22.4 Å². The lowest BCUT2D eigenvalue weighted by Gasteiger charge is -2.25. The number of methoxy groups -OCH3 is 1. The number of amides is 2. The van der Waals surface area contributed by atoms with Crippen molar-refractivity contribution in [3.05, 3.63) is 86.7 Å². The predicted molar refractivity (Wildman–Crippen MR) is 133 cm³/mol. The Balaban J connectivity index is 0.000000449. The number of alkyl halides is 2. The SMILES string of the molecule is COC(c1ccc(Cl)cc1Cl)C(C)NC(=O)c1ccc(C(=O)O)cc1C(N)=O.Cn1ccc(C(F)F)n1. The largest absolute Gasteiger partial charge is 0.478 e. The van der Waals surface area contributed by atoms with Crippen LogP contribution in [0, 0.1) is 0 Å². The van der Waals surface area contributed by atoms with Gasteiger partial charge in [0.25, 0.3) is 12.3 Å². The Morgan fingerprint density at radius 1 is 1.11 bits per heavy atom. The number of aryl methyl sites for hydroxylation is 1. The topological polar surface area (TPSA) is 137 Å². The second kappa shape index (κ2) is 13.1. The number of carboxylic acid groups (broad SMARTS) is 1. The van der Waals surface area contributed by atoms with Gasteiger partial charge in [-0.1, -0.05) is 29.3 Å². The second-order valence-electron chi connectivity index (χ2n) is 7.73. The normalized spacial score (nSPS) is 12.3. The molecule has 0 radical (unpaired) electrons. The summed E-state index contributed by atoms with van der Waals surface area (Å²) in [4.78, 5) is 35.4. The van der Waals surface area contributed by atoms with Crippen LogP contribution in [0.15, 0.2) is 48.7 Å². The molecule has 1 aromatic heterocycles. The third kappa shape index (κ3) is 7.97. The first kappa shape index (κ1) is 29.7. The summed E-state index contributed by atoms with van der Waals surface area (Å²) in [6.07, 6.45) is -1.56. The van der Waals surface area contributed by atoms with Gasteiger partial charge in [0.05, 0.1) is 22.7 Å². The zero-order valence-electron chi connectivity index (χ0n) is 19.9. The van der Waals surface area contributed by atoms with E-state index in [0.717, 1.165) is 6.07 Å². The molecule has 2 unspecified atom stereocenters. The molecule has 1 heterocycles. The number of benzene rings is 2. The van der Waals surface area contributed by atoms with E-state index in [1.165, 1.54) is 36.2 Å². The van der Waals surface area contributed by atoms with Crippen LogP contribution in [0.25, 0.3) is 0 Å². The summed E-state index contributed by atoms with van der Waals surface area (Å²) >= 11 is 12.1. The molecule has 0 bridgehead atoms. The number of halogens is 4. The summed E-state index contributed by atoms with van der Waals surface area (Å²) in [5, 5.41) is 16.1. The molecular weight excluding hydrogens is 533 g/mol. The van der Waals surface area contributed by atoms with Crippen LogP contribution in [0.1, 0.15) is 61.8 Å². The summed E-state index contributed by atoms with van der Waals surface area (Å²) in [5.41, 5.74) is 5.37. The number of aromatic nitrogens is 2. The smallest absolute Gasteiger partial charge is 0.335 e. The van der Waals surface area contributed by atoms with Gasteiger partial charge in [0, 0.05) is 36.0 Å². The molecule has 2 atom stereocenters. The number of nitrogens with zero attached hydrogens (tertiary/aromatic N) is 2. The van der Waals surface area contributed by atoms with E-state index < -0.39 is 36.4 Å². The molecular formula is C24H24Cl2F2N4O5. The van der Waals surface area contributed by atoms with Gasteiger partial charge < -0.3 is 20.9 Å². The van der Waals surface area contributed by atoms with Gasteiger partial charge in [-0.05, 0) is 43.3 Å². The fourth-order valence-electron chi connectivity index (χ4n) is 3.32. The number of aromatic carboxylic acids is 1. The molecule has 0 fully saturated rings. The highest BCUT2D eigenvalue weighted by Gasteiger charge is 2.25. The molecule has 2 aromatic carbocycles. The summed E-state index contributed by atoms with van der Waals surface area (Å²) in [7, 11) is 3.07. The number of hydrogen-bond acceptors (Lipinski definition) is 5. The first-order chi connectivity index (χ1) is 17.3. The van der Waals surface area contributed by atoms with E-state index in [4.69, 9.17) is 38.8 Å². The molecule has 9 nitrogen and oxygen atoms in total. The van der Waals surface area contributed by atoms with Crippen molar-refractivity contribution in [2.75, 3.05) is 7.11 Å².